The first-order chi connectivity index (χ1) is 6.09. The SMILES string of the molecule is NC([11CH2]c1ccc(Cl)cc1)C(=O)O. The Bertz CT molecular complexity index is 297. The maximum absolute atomic E-state index is 10.4. The van der Waals surface area contributed by atoms with E-state index in [9.17, 15) is 4.79 Å². The minimum absolute atomic E-state index is 0.326. The molecule has 4 heteroatoms. The Labute approximate surface area is 81.1 Å². The largest absolute Gasteiger partial charge is 0.480 e. The fraction of sp³-hybridized carbons (Fsp3) is 0.222. The molecule has 1 unspecified atom stereocenters. The van der Waals surface area contributed by atoms with Gasteiger partial charge in [-0.05, 0) is 24.1 Å². The minimum atomic E-state index is -0.991. The summed E-state index contributed by atoms with van der Waals surface area (Å²) in [5.41, 5.74) is 6.23. The predicted molar refractivity (Wildman–Crippen MR) is 50.8 cm³/mol. The number of carboxylic acid groups (broad SMARTS) is 1. The molecule has 0 aliphatic carbocycles. The summed E-state index contributed by atoms with van der Waals surface area (Å²) >= 11 is 5.66. The lowest BCUT2D eigenvalue weighted by atomic mass is 9.73. The van der Waals surface area contributed by atoms with Crippen LogP contribution in [0.25, 0.3) is 0 Å². The van der Waals surface area contributed by atoms with E-state index in [0.29, 0.717) is 11.4 Å². The van der Waals surface area contributed by atoms with Gasteiger partial charge in [0.15, 0.2) is 0 Å². The van der Waals surface area contributed by atoms with Gasteiger partial charge in [-0.2, -0.15) is 0 Å². The second kappa shape index (κ2) is 4.25. The highest BCUT2D eigenvalue weighted by molar-refractivity contribution is 6.30. The summed E-state index contributed by atoms with van der Waals surface area (Å²) in [4.78, 5) is 10.4. The second-order valence-electron chi connectivity index (χ2n) is 2.78. The van der Waals surface area contributed by atoms with Gasteiger partial charge in [0.1, 0.15) is 6.04 Å². The van der Waals surface area contributed by atoms with Crippen molar-refractivity contribution in [2.45, 2.75) is 12.5 Å². The summed E-state index contributed by atoms with van der Waals surface area (Å²) in [6.07, 6.45) is 0.326. The number of carbonyl (C=O) groups is 1. The number of hydrogen-bond donors (Lipinski definition) is 2. The molecular formula is C9H10ClNO2. The molecule has 1 rings (SSSR count). The maximum Gasteiger partial charge on any atom is 0.320 e. The molecule has 0 aliphatic heterocycles. The Balaban J connectivity index is 2.64. The summed E-state index contributed by atoms with van der Waals surface area (Å²) in [5.74, 6) is -0.991. The highest BCUT2D eigenvalue weighted by atomic mass is 35.5. The fourth-order valence-electron chi connectivity index (χ4n) is 0.962. The third kappa shape index (κ3) is 3.05. The number of carboxylic acids is 1. The van der Waals surface area contributed by atoms with Crippen molar-refractivity contribution in [3.05, 3.63) is 34.9 Å². The number of aliphatic carboxylic acids is 1. The van der Waals surface area contributed by atoms with Crippen LogP contribution in [0.15, 0.2) is 24.3 Å². The average Bonchev–Trinajstić information content (AvgIpc) is 2.08. The standard InChI is InChI=1S/C9H10ClNO2/c10-7-3-1-6(2-4-7)5-8(11)9(12)13/h1-4,8H,5,11H2,(H,12,13)/i5-1. The highest BCUT2D eigenvalue weighted by Gasteiger charge is 2.11. The van der Waals surface area contributed by atoms with Crippen LogP contribution in [0, 0.1) is 0 Å². The Kier molecular flexibility index (Phi) is 3.28. The highest BCUT2D eigenvalue weighted by Crippen LogP contribution is 2.10. The van der Waals surface area contributed by atoms with Gasteiger partial charge >= 0.3 is 5.97 Å². The Morgan fingerprint density at radius 3 is 2.46 bits per heavy atom. The molecule has 1 aromatic rings. The van der Waals surface area contributed by atoms with Crippen LogP contribution >= 0.6 is 11.6 Å². The van der Waals surface area contributed by atoms with E-state index in [-0.39, 0.29) is 0 Å². The molecule has 0 fully saturated rings. The van der Waals surface area contributed by atoms with E-state index in [0.717, 1.165) is 5.56 Å². The molecular weight excluding hydrogens is 189 g/mol. The smallest absolute Gasteiger partial charge is 0.320 e. The molecule has 0 aliphatic rings. The molecule has 0 amide bonds. The predicted octanol–water partition coefficient (Wildman–Crippen LogP) is 1.29. The Morgan fingerprint density at radius 2 is 2.00 bits per heavy atom. The van der Waals surface area contributed by atoms with Crippen molar-refractivity contribution < 1.29 is 9.90 Å². The Morgan fingerprint density at radius 1 is 1.46 bits per heavy atom. The van der Waals surface area contributed by atoms with Crippen molar-refractivity contribution in [2.75, 3.05) is 0 Å². The van der Waals surface area contributed by atoms with Crippen LogP contribution in [-0.2, 0) is 11.2 Å². The van der Waals surface area contributed by atoms with Gasteiger partial charge in [0, 0.05) is 5.02 Å². The molecule has 1 aromatic carbocycles. The third-order valence-corrected chi connectivity index (χ3v) is 1.94. The quantitative estimate of drug-likeness (QED) is 0.770. The zero-order chi connectivity index (χ0) is 9.84. The van der Waals surface area contributed by atoms with Crippen LogP contribution in [0.3, 0.4) is 0 Å². The first-order valence-corrected chi connectivity index (χ1v) is 4.20. The van der Waals surface area contributed by atoms with Crippen molar-refractivity contribution in [1.29, 1.82) is 0 Å². The Hall–Kier alpha value is -1.06. The minimum Gasteiger partial charge on any atom is -0.480 e. The molecule has 0 spiro atoms. The topological polar surface area (TPSA) is 63.3 Å². The molecule has 70 valence electrons. The van der Waals surface area contributed by atoms with Gasteiger partial charge in [0.2, 0.25) is 0 Å². The lowest BCUT2D eigenvalue weighted by Crippen LogP contribution is -2.32. The summed E-state index contributed by atoms with van der Waals surface area (Å²) < 4.78 is 0. The zero-order valence-electron chi connectivity index (χ0n) is 6.90. The zero-order valence-corrected chi connectivity index (χ0v) is 7.66. The number of nitrogens with two attached hydrogens (primary N) is 1. The molecule has 13 heavy (non-hydrogen) atoms. The van der Waals surface area contributed by atoms with Crippen LogP contribution in [0.4, 0.5) is 0 Å². The second-order valence-corrected chi connectivity index (χ2v) is 3.21. The molecule has 0 heterocycles. The lowest BCUT2D eigenvalue weighted by molar-refractivity contribution is -0.138. The first kappa shape index (κ1) is 10.0. The lowest BCUT2D eigenvalue weighted by Gasteiger charge is -2.05. The van der Waals surface area contributed by atoms with Crippen molar-refractivity contribution in [3.8, 4) is 0 Å². The van der Waals surface area contributed by atoms with E-state index in [2.05, 4.69) is 0 Å². The van der Waals surface area contributed by atoms with Crippen LogP contribution < -0.4 is 5.73 Å². The number of benzene rings is 1. The summed E-state index contributed by atoms with van der Waals surface area (Å²) in [6.45, 7) is 0. The van der Waals surface area contributed by atoms with Crippen LogP contribution in [0.2, 0.25) is 5.02 Å². The van der Waals surface area contributed by atoms with Gasteiger partial charge in [0.05, 0.1) is 0 Å². The van der Waals surface area contributed by atoms with Crippen LogP contribution in [-0.4, -0.2) is 17.1 Å². The maximum atomic E-state index is 10.4. The molecule has 3 nitrogen and oxygen atoms in total. The number of rotatable bonds is 3. The number of hydrogen-bond acceptors (Lipinski definition) is 2. The molecule has 1 atom stereocenters. The van der Waals surface area contributed by atoms with E-state index >= 15 is 0 Å². The molecule has 0 bridgehead atoms. The molecule has 3 N–H and O–H groups in total. The van der Waals surface area contributed by atoms with Gasteiger partial charge in [-0.25, -0.2) is 0 Å². The van der Waals surface area contributed by atoms with Gasteiger partial charge < -0.3 is 10.8 Å². The van der Waals surface area contributed by atoms with E-state index < -0.39 is 12.0 Å². The van der Waals surface area contributed by atoms with Crippen LogP contribution in [0.5, 0.6) is 0 Å². The van der Waals surface area contributed by atoms with Crippen molar-refractivity contribution in [3.63, 3.8) is 0 Å². The van der Waals surface area contributed by atoms with E-state index in [1.165, 1.54) is 0 Å². The van der Waals surface area contributed by atoms with Crippen LogP contribution in [0.1, 0.15) is 5.56 Å². The van der Waals surface area contributed by atoms with Gasteiger partial charge in [-0.3, -0.25) is 4.79 Å². The van der Waals surface area contributed by atoms with Crippen molar-refractivity contribution in [2.24, 2.45) is 5.73 Å². The molecule has 0 radical (unpaired) electrons. The van der Waals surface area contributed by atoms with Crippen molar-refractivity contribution >= 4 is 17.6 Å². The van der Waals surface area contributed by atoms with Gasteiger partial charge in [-0.15, -0.1) is 0 Å². The average molecular weight is 199 g/mol. The summed E-state index contributed by atoms with van der Waals surface area (Å²) in [6, 6.07) is 6.12. The normalized spacial score (nSPS) is 12.5. The monoisotopic (exact) mass is 198 g/mol. The first-order valence-electron chi connectivity index (χ1n) is 3.82. The molecule has 0 saturated heterocycles. The molecule has 0 aromatic heterocycles. The van der Waals surface area contributed by atoms with Crippen molar-refractivity contribution in [1.82, 2.24) is 0 Å². The van der Waals surface area contributed by atoms with Gasteiger partial charge in [-0.1, -0.05) is 23.7 Å². The summed E-state index contributed by atoms with van der Waals surface area (Å²) in [5, 5.41) is 9.18. The molecule has 0 saturated carbocycles. The summed E-state index contributed by atoms with van der Waals surface area (Å²) in [7, 11) is 0. The number of halogens is 1. The van der Waals surface area contributed by atoms with E-state index in [1.54, 1.807) is 24.3 Å². The third-order valence-electron chi connectivity index (χ3n) is 1.69. The van der Waals surface area contributed by atoms with Gasteiger partial charge in [0.25, 0.3) is 0 Å². The van der Waals surface area contributed by atoms with E-state index in [4.69, 9.17) is 22.4 Å². The van der Waals surface area contributed by atoms with E-state index in [1.807, 2.05) is 0 Å². The fourth-order valence-corrected chi connectivity index (χ4v) is 1.09.